The van der Waals surface area contributed by atoms with Gasteiger partial charge in [-0.2, -0.15) is 4.89 Å². The van der Waals surface area contributed by atoms with Gasteiger partial charge >= 0.3 is 11.9 Å². The molecule has 8 heteroatoms. The van der Waals surface area contributed by atoms with Crippen LogP contribution < -0.4 is 0 Å². The second-order valence-corrected chi connectivity index (χ2v) is 3.35. The molecule has 0 saturated heterocycles. The van der Waals surface area contributed by atoms with Crippen LogP contribution in [0.15, 0.2) is 0 Å². The number of rotatable bonds is 11. The van der Waals surface area contributed by atoms with Gasteiger partial charge in [-0.05, 0) is 12.8 Å². The average Bonchev–Trinajstić information content (AvgIpc) is 2.42. The Morgan fingerprint density at radius 1 is 0.947 bits per heavy atom. The third kappa shape index (κ3) is 9.60. The van der Waals surface area contributed by atoms with Gasteiger partial charge < -0.3 is 4.74 Å². The van der Waals surface area contributed by atoms with E-state index in [1.165, 1.54) is 0 Å². The number of ether oxygens (including phenoxy) is 1. The van der Waals surface area contributed by atoms with Crippen LogP contribution in [0.4, 0.5) is 0 Å². The lowest BCUT2D eigenvalue weighted by atomic mass is 10.2. The highest BCUT2D eigenvalue weighted by molar-refractivity contribution is 5.80. The molecule has 19 heavy (non-hydrogen) atoms. The van der Waals surface area contributed by atoms with Crippen molar-refractivity contribution in [1.82, 2.24) is 0 Å². The number of carbonyl (C=O) groups excluding carboxylic acids is 5. The number of unbranched alkanes of at least 4 members (excludes halogenated alkanes) is 1. The van der Waals surface area contributed by atoms with Gasteiger partial charge in [0.25, 0.3) is 0 Å². The fourth-order valence-electron chi connectivity index (χ4n) is 0.966. The smallest absolute Gasteiger partial charge is 0.342 e. The van der Waals surface area contributed by atoms with E-state index in [4.69, 9.17) is 0 Å². The lowest BCUT2D eigenvalue weighted by molar-refractivity contribution is -0.281. The summed E-state index contributed by atoms with van der Waals surface area (Å²) in [4.78, 5) is 60.6. The van der Waals surface area contributed by atoms with Crippen molar-refractivity contribution >= 4 is 30.8 Å². The zero-order chi connectivity index (χ0) is 14.5. The second kappa shape index (κ2) is 11.0. The van der Waals surface area contributed by atoms with Gasteiger partial charge in [0.1, 0.15) is 6.61 Å². The number of esters is 1. The molecule has 0 heterocycles. The lowest BCUT2D eigenvalue weighted by Gasteiger charge is -2.04. The first-order chi connectivity index (χ1) is 9.13. The maximum Gasteiger partial charge on any atom is 0.342 e. The minimum Gasteiger partial charge on any atom is -0.458 e. The maximum absolute atomic E-state index is 11.1. The van der Waals surface area contributed by atoms with Crippen LogP contribution in [0.25, 0.3) is 0 Å². The molecule has 106 valence electrons. The van der Waals surface area contributed by atoms with Crippen molar-refractivity contribution < 1.29 is 38.5 Å². The van der Waals surface area contributed by atoms with Crippen LogP contribution in [0.1, 0.15) is 25.7 Å². The SMILES string of the molecule is O=CCOC(=O)CCCCC(=O)OOC(C=O)C=O. The van der Waals surface area contributed by atoms with Crippen molar-refractivity contribution in [2.45, 2.75) is 31.8 Å². The second-order valence-electron chi connectivity index (χ2n) is 3.35. The van der Waals surface area contributed by atoms with Crippen LogP contribution in [0.5, 0.6) is 0 Å². The Morgan fingerprint density at radius 2 is 1.53 bits per heavy atom. The molecule has 0 saturated carbocycles. The molecule has 0 radical (unpaired) electrons. The summed E-state index contributed by atoms with van der Waals surface area (Å²) in [7, 11) is 0. The van der Waals surface area contributed by atoms with E-state index < -0.39 is 18.0 Å². The highest BCUT2D eigenvalue weighted by atomic mass is 17.2. The monoisotopic (exact) mass is 274 g/mol. The molecule has 0 rings (SSSR count). The van der Waals surface area contributed by atoms with Gasteiger partial charge in [-0.25, -0.2) is 4.79 Å². The maximum atomic E-state index is 11.1. The highest BCUT2D eigenvalue weighted by Gasteiger charge is 2.11. The zero-order valence-corrected chi connectivity index (χ0v) is 10.1. The summed E-state index contributed by atoms with van der Waals surface area (Å²) in [5.74, 6) is -1.28. The number of hydrogen-bond acceptors (Lipinski definition) is 8. The van der Waals surface area contributed by atoms with Gasteiger partial charge in [0.15, 0.2) is 18.9 Å². The molecule has 0 aromatic heterocycles. The molecule has 0 N–H and O–H groups in total. The fraction of sp³-hybridized carbons (Fsp3) is 0.545. The molecule has 0 spiro atoms. The Kier molecular flexibility index (Phi) is 9.81. The first kappa shape index (κ1) is 16.9. The summed E-state index contributed by atoms with van der Waals surface area (Å²) in [5.41, 5.74) is 0. The Morgan fingerprint density at radius 3 is 2.05 bits per heavy atom. The van der Waals surface area contributed by atoms with Crippen LogP contribution in [0.3, 0.4) is 0 Å². The van der Waals surface area contributed by atoms with Gasteiger partial charge in [0.05, 0.1) is 0 Å². The van der Waals surface area contributed by atoms with E-state index in [0.717, 1.165) is 0 Å². The van der Waals surface area contributed by atoms with Gasteiger partial charge in [0.2, 0.25) is 6.10 Å². The number of hydrogen-bond donors (Lipinski definition) is 0. The fourth-order valence-corrected chi connectivity index (χ4v) is 0.966. The molecule has 0 fully saturated rings. The van der Waals surface area contributed by atoms with Gasteiger partial charge in [-0.3, -0.25) is 24.1 Å². The Balaban J connectivity index is 3.58. The molecule has 0 aromatic rings. The van der Waals surface area contributed by atoms with E-state index in [2.05, 4.69) is 14.5 Å². The minimum atomic E-state index is -1.43. The molecule has 0 aromatic carbocycles. The summed E-state index contributed by atoms with van der Waals surface area (Å²) in [6, 6.07) is 0. The summed E-state index contributed by atoms with van der Waals surface area (Å²) >= 11 is 0. The van der Waals surface area contributed by atoms with Crippen LogP contribution in [0.2, 0.25) is 0 Å². The van der Waals surface area contributed by atoms with Crippen LogP contribution in [-0.2, 0) is 38.5 Å². The summed E-state index contributed by atoms with van der Waals surface area (Å²) in [6.45, 7) is -0.284. The minimum absolute atomic E-state index is 0.0363. The molecule has 0 aliphatic rings. The first-order valence-electron chi connectivity index (χ1n) is 5.50. The normalized spacial score (nSPS) is 9.74. The third-order valence-corrected chi connectivity index (χ3v) is 1.84. The van der Waals surface area contributed by atoms with E-state index in [0.29, 0.717) is 19.1 Å². The van der Waals surface area contributed by atoms with Crippen molar-refractivity contribution in [3.05, 3.63) is 0 Å². The van der Waals surface area contributed by atoms with Crippen molar-refractivity contribution in [1.29, 1.82) is 0 Å². The lowest BCUT2D eigenvalue weighted by Crippen LogP contribution is -2.19. The molecular formula is C11H14O8. The number of carbonyl (C=O) groups is 5. The standard InChI is InChI=1S/C11H14O8/c12-5-6-17-10(15)3-1-2-4-11(16)19-18-9(7-13)8-14/h5,7-9H,1-4,6H2. The van der Waals surface area contributed by atoms with Crippen molar-refractivity contribution in [3.63, 3.8) is 0 Å². The number of aldehydes is 3. The summed E-state index contributed by atoms with van der Waals surface area (Å²) in [6.07, 6.45) is 0.152. The molecule has 0 aliphatic carbocycles. The van der Waals surface area contributed by atoms with Crippen molar-refractivity contribution in [3.8, 4) is 0 Å². The highest BCUT2D eigenvalue weighted by Crippen LogP contribution is 2.03. The van der Waals surface area contributed by atoms with Crippen LogP contribution in [-0.4, -0.2) is 43.5 Å². The zero-order valence-electron chi connectivity index (χ0n) is 10.1. The molecule has 0 atom stereocenters. The van der Waals surface area contributed by atoms with E-state index in [-0.39, 0.29) is 32.0 Å². The molecule has 0 bridgehead atoms. The Bertz CT molecular complexity index is 317. The van der Waals surface area contributed by atoms with Crippen LogP contribution >= 0.6 is 0 Å². The molecule has 0 unspecified atom stereocenters. The molecular weight excluding hydrogens is 260 g/mol. The summed E-state index contributed by atoms with van der Waals surface area (Å²) in [5, 5.41) is 0. The largest absolute Gasteiger partial charge is 0.458 e. The quantitative estimate of drug-likeness (QED) is 0.124. The van der Waals surface area contributed by atoms with Gasteiger partial charge in [0, 0.05) is 12.8 Å². The molecule has 0 amide bonds. The predicted molar refractivity (Wildman–Crippen MR) is 58.6 cm³/mol. The topological polar surface area (TPSA) is 113 Å². The third-order valence-electron chi connectivity index (χ3n) is 1.84. The predicted octanol–water partition coefficient (Wildman–Crippen LogP) is -0.470. The van der Waals surface area contributed by atoms with E-state index >= 15 is 0 Å². The van der Waals surface area contributed by atoms with E-state index in [1.807, 2.05) is 0 Å². The van der Waals surface area contributed by atoms with Crippen molar-refractivity contribution in [2.24, 2.45) is 0 Å². The van der Waals surface area contributed by atoms with Gasteiger partial charge in [-0.1, -0.05) is 0 Å². The van der Waals surface area contributed by atoms with E-state index in [1.54, 1.807) is 0 Å². The van der Waals surface area contributed by atoms with E-state index in [9.17, 15) is 24.0 Å². The average molecular weight is 274 g/mol. The molecule has 8 nitrogen and oxygen atoms in total. The summed E-state index contributed by atoms with van der Waals surface area (Å²) < 4.78 is 4.48. The Labute approximate surface area is 108 Å². The molecule has 0 aliphatic heterocycles. The first-order valence-corrected chi connectivity index (χ1v) is 5.50. The van der Waals surface area contributed by atoms with Gasteiger partial charge in [-0.15, -0.1) is 0 Å². The van der Waals surface area contributed by atoms with Crippen molar-refractivity contribution in [2.75, 3.05) is 6.61 Å². The van der Waals surface area contributed by atoms with Crippen LogP contribution in [0, 0.1) is 0 Å². The Hall–Kier alpha value is -2.09.